The second kappa shape index (κ2) is 7.27. The minimum Gasteiger partial charge on any atom is -0.444 e. The van der Waals surface area contributed by atoms with E-state index < -0.39 is 5.60 Å². The zero-order valence-electron chi connectivity index (χ0n) is 14.2. The predicted octanol–water partition coefficient (Wildman–Crippen LogP) is 3.50. The van der Waals surface area contributed by atoms with Gasteiger partial charge in [-0.1, -0.05) is 11.6 Å². The van der Waals surface area contributed by atoms with Crippen LogP contribution in [0.5, 0.6) is 0 Å². The summed E-state index contributed by atoms with van der Waals surface area (Å²) in [6, 6.07) is 1.66. The molecule has 132 valence electrons. The molecule has 2 rings (SSSR count). The van der Waals surface area contributed by atoms with Gasteiger partial charge in [0, 0.05) is 26.2 Å². The third kappa shape index (κ3) is 4.60. The number of piperazine rings is 1. The first-order valence-corrected chi connectivity index (χ1v) is 8.85. The molecule has 1 aromatic rings. The third-order valence-corrected chi connectivity index (χ3v) is 4.34. The van der Waals surface area contributed by atoms with E-state index in [0.29, 0.717) is 41.5 Å². The largest absolute Gasteiger partial charge is 0.444 e. The molecule has 0 spiro atoms. The molecule has 0 radical (unpaired) electrons. The molecule has 2 heterocycles. The lowest BCUT2D eigenvalue weighted by atomic mass is 10.1. The van der Waals surface area contributed by atoms with E-state index in [4.69, 9.17) is 16.3 Å². The average molecular weight is 419 g/mol. The Bertz CT molecular complexity index is 629. The van der Waals surface area contributed by atoms with Crippen molar-refractivity contribution in [1.82, 2.24) is 14.8 Å². The summed E-state index contributed by atoms with van der Waals surface area (Å²) < 4.78 is 5.80. The van der Waals surface area contributed by atoms with Crippen LogP contribution in [0.3, 0.4) is 0 Å². The van der Waals surface area contributed by atoms with Gasteiger partial charge in [0.2, 0.25) is 0 Å². The maximum Gasteiger partial charge on any atom is 0.410 e. The van der Waals surface area contributed by atoms with E-state index >= 15 is 0 Å². The highest BCUT2D eigenvalue weighted by molar-refractivity contribution is 9.10. The van der Waals surface area contributed by atoms with Crippen LogP contribution < -0.4 is 0 Å². The van der Waals surface area contributed by atoms with Gasteiger partial charge >= 0.3 is 6.09 Å². The summed E-state index contributed by atoms with van der Waals surface area (Å²) in [6.45, 7) is 9.11. The molecule has 8 heteroatoms. The van der Waals surface area contributed by atoms with Gasteiger partial charge in [-0.15, -0.1) is 0 Å². The van der Waals surface area contributed by atoms with Gasteiger partial charge in [-0.05, 0) is 55.3 Å². The van der Waals surface area contributed by atoms with E-state index in [0.717, 1.165) is 5.56 Å². The number of pyridine rings is 1. The number of halogens is 2. The van der Waals surface area contributed by atoms with Crippen LogP contribution in [-0.4, -0.2) is 58.6 Å². The van der Waals surface area contributed by atoms with Gasteiger partial charge in [-0.25, -0.2) is 9.78 Å². The van der Waals surface area contributed by atoms with Crippen LogP contribution >= 0.6 is 27.5 Å². The molecule has 0 saturated carbocycles. The highest BCUT2D eigenvalue weighted by Crippen LogP contribution is 2.24. The molecule has 1 saturated heterocycles. The molecule has 0 aliphatic carbocycles. The maximum absolute atomic E-state index is 12.7. The van der Waals surface area contributed by atoms with Crippen molar-refractivity contribution in [2.24, 2.45) is 0 Å². The van der Waals surface area contributed by atoms with Crippen LogP contribution in [0.25, 0.3) is 0 Å². The molecule has 2 amide bonds. The normalized spacial score (nSPS) is 15.4. The van der Waals surface area contributed by atoms with Crippen LogP contribution in [0.4, 0.5) is 4.79 Å². The number of amides is 2. The van der Waals surface area contributed by atoms with E-state index in [9.17, 15) is 9.59 Å². The monoisotopic (exact) mass is 417 g/mol. The lowest BCUT2D eigenvalue weighted by molar-refractivity contribution is 0.0140. The molecule has 6 nitrogen and oxygen atoms in total. The first-order chi connectivity index (χ1) is 11.1. The van der Waals surface area contributed by atoms with Gasteiger partial charge in [0.15, 0.2) is 0 Å². The number of aromatic nitrogens is 1. The van der Waals surface area contributed by atoms with Gasteiger partial charge in [-0.3, -0.25) is 4.79 Å². The van der Waals surface area contributed by atoms with Crippen molar-refractivity contribution in [3.8, 4) is 0 Å². The van der Waals surface area contributed by atoms with E-state index in [1.165, 1.54) is 0 Å². The molecule has 1 aliphatic heterocycles. The molecule has 24 heavy (non-hydrogen) atoms. The Morgan fingerprint density at radius 2 is 1.75 bits per heavy atom. The Morgan fingerprint density at radius 3 is 2.25 bits per heavy atom. The second-order valence-corrected chi connectivity index (χ2v) is 7.83. The fraction of sp³-hybridized carbons (Fsp3) is 0.562. The van der Waals surface area contributed by atoms with E-state index in [1.54, 1.807) is 15.9 Å². The van der Waals surface area contributed by atoms with Gasteiger partial charge < -0.3 is 14.5 Å². The van der Waals surface area contributed by atoms with Gasteiger partial charge in [-0.2, -0.15) is 0 Å². The summed E-state index contributed by atoms with van der Waals surface area (Å²) in [5, 5.41) is 0.339. The van der Waals surface area contributed by atoms with E-state index in [2.05, 4.69) is 20.9 Å². The van der Waals surface area contributed by atoms with Crippen LogP contribution in [-0.2, 0) is 4.74 Å². The third-order valence-electron chi connectivity index (χ3n) is 3.57. The van der Waals surface area contributed by atoms with Crippen LogP contribution in [0.15, 0.2) is 10.7 Å². The first-order valence-electron chi connectivity index (χ1n) is 7.68. The lowest BCUT2D eigenvalue weighted by Crippen LogP contribution is -2.51. The number of hydrogen-bond donors (Lipinski definition) is 0. The fourth-order valence-electron chi connectivity index (χ4n) is 2.43. The Labute approximate surface area is 155 Å². The van der Waals surface area contributed by atoms with Crippen molar-refractivity contribution in [2.45, 2.75) is 33.3 Å². The number of hydrogen-bond acceptors (Lipinski definition) is 4. The Balaban J connectivity index is 2.02. The number of rotatable bonds is 1. The summed E-state index contributed by atoms with van der Waals surface area (Å²) in [4.78, 5) is 32.2. The Hall–Kier alpha value is -1.34. The second-order valence-electron chi connectivity index (χ2n) is 6.69. The molecular weight excluding hydrogens is 398 g/mol. The molecular formula is C16H21BrClN3O3. The van der Waals surface area contributed by atoms with Crippen molar-refractivity contribution in [1.29, 1.82) is 0 Å². The Morgan fingerprint density at radius 1 is 1.21 bits per heavy atom. The summed E-state index contributed by atoms with van der Waals surface area (Å²) in [7, 11) is 0. The first kappa shape index (κ1) is 19.0. The van der Waals surface area contributed by atoms with Crippen LogP contribution in [0, 0.1) is 6.92 Å². The molecule has 0 bridgehead atoms. The minimum absolute atomic E-state index is 0.118. The minimum atomic E-state index is -0.527. The van der Waals surface area contributed by atoms with Gasteiger partial charge in [0.1, 0.15) is 15.4 Å². The molecule has 0 atom stereocenters. The predicted molar refractivity (Wildman–Crippen MR) is 95.4 cm³/mol. The number of aryl methyl sites for hydroxylation is 1. The topological polar surface area (TPSA) is 62.7 Å². The summed E-state index contributed by atoms with van der Waals surface area (Å²) >= 11 is 9.20. The average Bonchev–Trinajstić information content (AvgIpc) is 2.44. The Kier molecular flexibility index (Phi) is 5.75. The number of carbonyl (C=O) groups excluding carboxylic acids is 2. The maximum atomic E-state index is 12.7. The van der Waals surface area contributed by atoms with Crippen molar-refractivity contribution >= 4 is 39.5 Å². The summed E-state index contributed by atoms with van der Waals surface area (Å²) in [5.74, 6) is -0.118. The van der Waals surface area contributed by atoms with Crippen molar-refractivity contribution in [3.63, 3.8) is 0 Å². The summed E-state index contributed by atoms with van der Waals surface area (Å²) in [6.07, 6.45) is -0.347. The highest BCUT2D eigenvalue weighted by Gasteiger charge is 2.29. The molecule has 1 fully saturated rings. The quantitative estimate of drug-likeness (QED) is 0.655. The zero-order valence-corrected chi connectivity index (χ0v) is 16.6. The number of nitrogens with zero attached hydrogens (tertiary/aromatic N) is 3. The molecule has 1 aromatic heterocycles. The van der Waals surface area contributed by atoms with Crippen LogP contribution in [0.2, 0.25) is 5.15 Å². The van der Waals surface area contributed by atoms with E-state index in [1.807, 2.05) is 27.7 Å². The molecule has 0 unspecified atom stereocenters. The standard InChI is InChI=1S/C16H21BrClN3O3/c1-10-9-11(18)19-13(17)12(10)14(22)20-5-7-21(8-6-20)15(23)24-16(2,3)4/h9H,5-8H2,1-4H3. The SMILES string of the molecule is Cc1cc(Cl)nc(Br)c1C(=O)N1CCN(C(=O)OC(C)(C)C)CC1. The van der Waals surface area contributed by atoms with Gasteiger partial charge in [0.25, 0.3) is 5.91 Å². The summed E-state index contributed by atoms with van der Waals surface area (Å²) in [5.41, 5.74) is 0.743. The number of carbonyl (C=O) groups is 2. The van der Waals surface area contributed by atoms with E-state index in [-0.39, 0.29) is 12.0 Å². The molecule has 1 aliphatic rings. The fourth-order valence-corrected chi connectivity index (χ4v) is 3.45. The highest BCUT2D eigenvalue weighted by atomic mass is 79.9. The smallest absolute Gasteiger partial charge is 0.410 e. The van der Waals surface area contributed by atoms with Gasteiger partial charge in [0.05, 0.1) is 5.56 Å². The van der Waals surface area contributed by atoms with Crippen LogP contribution in [0.1, 0.15) is 36.7 Å². The van der Waals surface area contributed by atoms with Crippen molar-refractivity contribution in [2.75, 3.05) is 26.2 Å². The van der Waals surface area contributed by atoms with Crippen molar-refractivity contribution in [3.05, 3.63) is 26.9 Å². The molecule has 0 aromatic carbocycles. The number of ether oxygens (including phenoxy) is 1. The van der Waals surface area contributed by atoms with Crippen molar-refractivity contribution < 1.29 is 14.3 Å². The lowest BCUT2D eigenvalue weighted by Gasteiger charge is -2.35. The zero-order chi connectivity index (χ0) is 18.1. The molecule has 0 N–H and O–H groups in total.